The molecule has 0 radical (unpaired) electrons. The Bertz CT molecular complexity index is 490. The van der Waals surface area contributed by atoms with Crippen molar-refractivity contribution in [2.45, 2.75) is 18.9 Å². The number of nitrogens with one attached hydrogen (secondary N) is 1. The van der Waals surface area contributed by atoms with Crippen molar-refractivity contribution in [2.75, 3.05) is 20.2 Å². The third-order valence-electron chi connectivity index (χ3n) is 3.40. The standard InChI is InChI=1S/C14H17ClN2O3/c1-20-14(19)16-9-13(18)17-8-2-3-12(17)10-4-6-11(15)7-5-10/h4-7,12H,2-3,8-9H2,1H3,(H,16,19). The van der Waals surface area contributed by atoms with Gasteiger partial charge in [0.15, 0.2) is 0 Å². The van der Waals surface area contributed by atoms with Crippen molar-refractivity contribution in [1.82, 2.24) is 10.2 Å². The number of amides is 2. The minimum absolute atomic E-state index is 0.0449. The van der Waals surface area contributed by atoms with Crippen LogP contribution >= 0.6 is 11.6 Å². The van der Waals surface area contributed by atoms with E-state index in [2.05, 4.69) is 10.1 Å². The molecule has 108 valence electrons. The lowest BCUT2D eigenvalue weighted by molar-refractivity contribution is -0.131. The van der Waals surface area contributed by atoms with Gasteiger partial charge in [-0.2, -0.15) is 0 Å². The molecule has 0 spiro atoms. The number of methoxy groups -OCH3 is 1. The summed E-state index contributed by atoms with van der Waals surface area (Å²) in [5.41, 5.74) is 1.07. The number of hydrogen-bond acceptors (Lipinski definition) is 3. The zero-order valence-corrected chi connectivity index (χ0v) is 12.0. The average Bonchev–Trinajstić information content (AvgIpc) is 2.94. The Hall–Kier alpha value is -1.75. The van der Waals surface area contributed by atoms with Crippen molar-refractivity contribution < 1.29 is 14.3 Å². The maximum atomic E-state index is 12.1. The molecule has 0 aliphatic carbocycles. The Morgan fingerprint density at radius 3 is 2.75 bits per heavy atom. The van der Waals surface area contributed by atoms with Crippen molar-refractivity contribution in [3.8, 4) is 0 Å². The molecule has 1 fully saturated rings. The number of benzene rings is 1. The minimum atomic E-state index is -0.597. The van der Waals surface area contributed by atoms with Gasteiger partial charge in [-0.25, -0.2) is 4.79 Å². The van der Waals surface area contributed by atoms with Crippen LogP contribution < -0.4 is 5.32 Å². The van der Waals surface area contributed by atoms with Crippen molar-refractivity contribution in [1.29, 1.82) is 0 Å². The Labute approximate surface area is 122 Å². The fourth-order valence-corrected chi connectivity index (χ4v) is 2.54. The predicted molar refractivity (Wildman–Crippen MR) is 75.5 cm³/mol. The summed E-state index contributed by atoms with van der Waals surface area (Å²) in [5.74, 6) is -0.104. The lowest BCUT2D eigenvalue weighted by Gasteiger charge is -2.25. The van der Waals surface area contributed by atoms with Gasteiger partial charge in [0.1, 0.15) is 6.54 Å². The summed E-state index contributed by atoms with van der Waals surface area (Å²) in [6, 6.07) is 7.58. The molecule has 2 amide bonds. The van der Waals surface area contributed by atoms with Crippen LogP contribution in [0, 0.1) is 0 Å². The Balaban J connectivity index is 2.01. The van der Waals surface area contributed by atoms with Crippen LogP contribution in [0.4, 0.5) is 4.79 Å². The van der Waals surface area contributed by atoms with Gasteiger partial charge in [0.2, 0.25) is 5.91 Å². The van der Waals surface area contributed by atoms with E-state index in [0.717, 1.165) is 18.4 Å². The van der Waals surface area contributed by atoms with Crippen LogP contribution in [-0.2, 0) is 9.53 Å². The van der Waals surface area contributed by atoms with E-state index in [0.29, 0.717) is 11.6 Å². The number of likely N-dealkylation sites (tertiary alicyclic amines) is 1. The van der Waals surface area contributed by atoms with Gasteiger partial charge in [0, 0.05) is 11.6 Å². The highest BCUT2D eigenvalue weighted by atomic mass is 35.5. The van der Waals surface area contributed by atoms with E-state index in [9.17, 15) is 9.59 Å². The summed E-state index contributed by atoms with van der Waals surface area (Å²) in [5, 5.41) is 3.09. The Morgan fingerprint density at radius 1 is 1.40 bits per heavy atom. The van der Waals surface area contributed by atoms with E-state index in [1.807, 2.05) is 24.3 Å². The molecule has 20 heavy (non-hydrogen) atoms. The fourth-order valence-electron chi connectivity index (χ4n) is 2.42. The van der Waals surface area contributed by atoms with E-state index in [-0.39, 0.29) is 18.5 Å². The molecule has 0 bridgehead atoms. The third-order valence-corrected chi connectivity index (χ3v) is 3.65. The normalized spacial score (nSPS) is 17.9. The lowest BCUT2D eigenvalue weighted by Crippen LogP contribution is -2.39. The van der Waals surface area contributed by atoms with Crippen LogP contribution in [0.2, 0.25) is 5.02 Å². The third kappa shape index (κ3) is 3.42. The zero-order chi connectivity index (χ0) is 14.5. The topological polar surface area (TPSA) is 58.6 Å². The molecule has 1 saturated heterocycles. The number of rotatable bonds is 3. The van der Waals surface area contributed by atoms with Crippen LogP contribution in [0.25, 0.3) is 0 Å². The number of ether oxygens (including phenoxy) is 1. The number of hydrogen-bond donors (Lipinski definition) is 1. The van der Waals surface area contributed by atoms with E-state index in [4.69, 9.17) is 11.6 Å². The van der Waals surface area contributed by atoms with Gasteiger partial charge in [0.05, 0.1) is 13.2 Å². The summed E-state index contributed by atoms with van der Waals surface area (Å²) in [6.07, 6.45) is 1.28. The molecule has 1 aliphatic rings. The Kier molecular flexibility index (Phi) is 4.84. The quantitative estimate of drug-likeness (QED) is 0.931. The summed E-state index contributed by atoms with van der Waals surface area (Å²) >= 11 is 5.88. The molecule has 6 heteroatoms. The second kappa shape index (κ2) is 6.61. The highest BCUT2D eigenvalue weighted by Crippen LogP contribution is 2.32. The second-order valence-corrected chi connectivity index (χ2v) is 5.08. The van der Waals surface area contributed by atoms with Crippen LogP contribution in [0.1, 0.15) is 24.4 Å². The average molecular weight is 297 g/mol. The maximum Gasteiger partial charge on any atom is 0.407 e. The van der Waals surface area contributed by atoms with Gasteiger partial charge >= 0.3 is 6.09 Å². The van der Waals surface area contributed by atoms with E-state index < -0.39 is 6.09 Å². The molecule has 1 aliphatic heterocycles. The van der Waals surface area contributed by atoms with Gasteiger partial charge in [0.25, 0.3) is 0 Å². The van der Waals surface area contributed by atoms with Crippen molar-refractivity contribution in [2.24, 2.45) is 0 Å². The highest BCUT2D eigenvalue weighted by molar-refractivity contribution is 6.30. The SMILES string of the molecule is COC(=O)NCC(=O)N1CCCC1c1ccc(Cl)cc1. The molecular weight excluding hydrogens is 280 g/mol. The van der Waals surface area contributed by atoms with E-state index in [1.165, 1.54) is 7.11 Å². The summed E-state index contributed by atoms with van der Waals surface area (Å²) < 4.78 is 4.45. The Morgan fingerprint density at radius 2 is 2.10 bits per heavy atom. The monoisotopic (exact) mass is 296 g/mol. The molecular formula is C14H17ClN2O3. The summed E-state index contributed by atoms with van der Waals surface area (Å²) in [7, 11) is 1.27. The number of nitrogens with zero attached hydrogens (tertiary/aromatic N) is 1. The van der Waals surface area contributed by atoms with Crippen LogP contribution in [0.15, 0.2) is 24.3 Å². The van der Waals surface area contributed by atoms with Gasteiger partial charge in [-0.1, -0.05) is 23.7 Å². The summed E-state index contributed by atoms with van der Waals surface area (Å²) in [4.78, 5) is 24.9. The van der Waals surface area contributed by atoms with Crippen LogP contribution in [0.3, 0.4) is 0 Å². The lowest BCUT2D eigenvalue weighted by atomic mass is 10.0. The number of carbonyl (C=O) groups is 2. The van der Waals surface area contributed by atoms with Crippen LogP contribution in [-0.4, -0.2) is 37.1 Å². The van der Waals surface area contributed by atoms with Gasteiger partial charge < -0.3 is 15.0 Å². The fraction of sp³-hybridized carbons (Fsp3) is 0.429. The van der Waals surface area contributed by atoms with Crippen molar-refractivity contribution in [3.63, 3.8) is 0 Å². The molecule has 1 aromatic carbocycles. The first kappa shape index (κ1) is 14.7. The molecule has 1 N–H and O–H groups in total. The van der Waals surface area contributed by atoms with Crippen LogP contribution in [0.5, 0.6) is 0 Å². The van der Waals surface area contributed by atoms with Gasteiger partial charge in [-0.05, 0) is 30.5 Å². The molecule has 1 atom stereocenters. The van der Waals surface area contributed by atoms with Gasteiger partial charge in [-0.15, -0.1) is 0 Å². The smallest absolute Gasteiger partial charge is 0.407 e. The molecule has 5 nitrogen and oxygen atoms in total. The minimum Gasteiger partial charge on any atom is -0.453 e. The first-order chi connectivity index (χ1) is 9.61. The molecule has 1 heterocycles. The van der Waals surface area contributed by atoms with E-state index >= 15 is 0 Å². The zero-order valence-electron chi connectivity index (χ0n) is 11.3. The van der Waals surface area contributed by atoms with Crippen molar-refractivity contribution >= 4 is 23.6 Å². The first-order valence-corrected chi connectivity index (χ1v) is 6.86. The first-order valence-electron chi connectivity index (χ1n) is 6.48. The second-order valence-electron chi connectivity index (χ2n) is 4.64. The molecule has 2 rings (SSSR count). The van der Waals surface area contributed by atoms with Gasteiger partial charge in [-0.3, -0.25) is 4.79 Å². The predicted octanol–water partition coefficient (Wildman–Crippen LogP) is 2.36. The highest BCUT2D eigenvalue weighted by Gasteiger charge is 2.29. The maximum absolute atomic E-state index is 12.1. The molecule has 1 aromatic rings. The molecule has 1 unspecified atom stereocenters. The number of carbonyl (C=O) groups excluding carboxylic acids is 2. The number of halogens is 1. The summed E-state index contributed by atoms with van der Waals surface area (Å²) in [6.45, 7) is 0.658. The number of alkyl carbamates (subject to hydrolysis) is 1. The molecule has 0 saturated carbocycles. The molecule has 0 aromatic heterocycles. The largest absolute Gasteiger partial charge is 0.453 e. The van der Waals surface area contributed by atoms with E-state index in [1.54, 1.807) is 4.90 Å². The van der Waals surface area contributed by atoms with Crippen molar-refractivity contribution in [3.05, 3.63) is 34.9 Å².